The average Bonchev–Trinajstić information content (AvgIpc) is 2.49. The summed E-state index contributed by atoms with van der Waals surface area (Å²) in [4.78, 5) is 0. The highest BCUT2D eigenvalue weighted by Crippen LogP contribution is 2.17. The van der Waals surface area contributed by atoms with Crippen LogP contribution in [0, 0.1) is 0 Å². The zero-order valence-electron chi connectivity index (χ0n) is 14.4. The molecule has 0 heteroatoms. The van der Waals surface area contributed by atoms with Gasteiger partial charge >= 0.3 is 0 Å². The Balaban J connectivity index is 3.15. The van der Waals surface area contributed by atoms with Crippen molar-refractivity contribution in [2.75, 3.05) is 0 Å². The standard InChI is InChI=1S/C21H38/c1-4-6-8-10-12-13-14-16-18-20-21(3)19-17-15-11-9-7-5-2/h4-5H,1-3,6-20H2. The van der Waals surface area contributed by atoms with Crippen LogP contribution in [0.4, 0.5) is 0 Å². The highest BCUT2D eigenvalue weighted by Gasteiger charge is 1.97. The van der Waals surface area contributed by atoms with Crippen LogP contribution in [0.25, 0.3) is 0 Å². The molecule has 0 unspecified atom stereocenters. The van der Waals surface area contributed by atoms with Gasteiger partial charge in [0.25, 0.3) is 0 Å². The van der Waals surface area contributed by atoms with Crippen molar-refractivity contribution >= 4 is 0 Å². The van der Waals surface area contributed by atoms with Crippen molar-refractivity contribution in [2.45, 2.75) is 96.3 Å². The summed E-state index contributed by atoms with van der Waals surface area (Å²) in [5.74, 6) is 0. The number of hydrogen-bond donors (Lipinski definition) is 0. The highest BCUT2D eigenvalue weighted by molar-refractivity contribution is 4.93. The van der Waals surface area contributed by atoms with E-state index in [0.717, 1.165) is 0 Å². The van der Waals surface area contributed by atoms with Crippen molar-refractivity contribution in [3.8, 4) is 0 Å². The Bertz CT molecular complexity index is 249. The van der Waals surface area contributed by atoms with E-state index in [0.29, 0.717) is 0 Å². The summed E-state index contributed by atoms with van der Waals surface area (Å²) in [6, 6.07) is 0. The topological polar surface area (TPSA) is 0 Å². The van der Waals surface area contributed by atoms with Crippen LogP contribution in [-0.2, 0) is 0 Å². The van der Waals surface area contributed by atoms with Crippen LogP contribution in [0.2, 0.25) is 0 Å². The van der Waals surface area contributed by atoms with Gasteiger partial charge in [0.1, 0.15) is 0 Å². The van der Waals surface area contributed by atoms with E-state index in [4.69, 9.17) is 0 Å². The molecule has 0 aliphatic heterocycles. The largest absolute Gasteiger partial charge is 0.103 e. The van der Waals surface area contributed by atoms with Gasteiger partial charge in [0.2, 0.25) is 0 Å². The number of unbranched alkanes of at least 4 members (excludes halogenated alkanes) is 11. The van der Waals surface area contributed by atoms with Gasteiger partial charge in [-0.3, -0.25) is 0 Å². The van der Waals surface area contributed by atoms with E-state index in [9.17, 15) is 0 Å². The van der Waals surface area contributed by atoms with Crippen molar-refractivity contribution < 1.29 is 0 Å². The van der Waals surface area contributed by atoms with Crippen LogP contribution >= 0.6 is 0 Å². The first-order valence-corrected chi connectivity index (χ1v) is 9.19. The fourth-order valence-corrected chi connectivity index (χ4v) is 2.69. The molecule has 122 valence electrons. The minimum Gasteiger partial charge on any atom is -0.103 e. The quantitative estimate of drug-likeness (QED) is 0.189. The first-order valence-electron chi connectivity index (χ1n) is 9.19. The van der Waals surface area contributed by atoms with E-state index >= 15 is 0 Å². The molecule has 0 atom stereocenters. The highest BCUT2D eigenvalue weighted by atomic mass is 14.0. The summed E-state index contributed by atoms with van der Waals surface area (Å²) < 4.78 is 0. The minimum atomic E-state index is 1.18. The second-order valence-electron chi connectivity index (χ2n) is 6.29. The molecule has 0 saturated carbocycles. The third-order valence-electron chi connectivity index (χ3n) is 4.13. The Labute approximate surface area is 134 Å². The third-order valence-corrected chi connectivity index (χ3v) is 4.13. The molecule has 0 spiro atoms. The summed E-state index contributed by atoms with van der Waals surface area (Å²) in [5.41, 5.74) is 1.48. The second-order valence-corrected chi connectivity index (χ2v) is 6.29. The van der Waals surface area contributed by atoms with Crippen molar-refractivity contribution in [3.05, 3.63) is 37.5 Å². The molecule has 0 aliphatic rings. The van der Waals surface area contributed by atoms with Gasteiger partial charge in [-0.2, -0.15) is 0 Å². The molecule has 0 fully saturated rings. The lowest BCUT2D eigenvalue weighted by Gasteiger charge is -2.06. The van der Waals surface area contributed by atoms with Gasteiger partial charge < -0.3 is 0 Å². The van der Waals surface area contributed by atoms with Crippen LogP contribution in [0.5, 0.6) is 0 Å². The molecule has 0 amide bonds. The first kappa shape index (κ1) is 20.2. The van der Waals surface area contributed by atoms with E-state index in [2.05, 4.69) is 19.7 Å². The molecule has 0 bridgehead atoms. The van der Waals surface area contributed by atoms with Crippen molar-refractivity contribution in [1.82, 2.24) is 0 Å². The third kappa shape index (κ3) is 17.2. The molecule has 0 radical (unpaired) electrons. The molecule has 0 aliphatic carbocycles. The lowest BCUT2D eigenvalue weighted by atomic mass is 10.0. The van der Waals surface area contributed by atoms with Gasteiger partial charge in [-0.1, -0.05) is 69.2 Å². The predicted octanol–water partition coefficient (Wildman–Crippen LogP) is 7.77. The van der Waals surface area contributed by atoms with Crippen LogP contribution in [-0.4, -0.2) is 0 Å². The van der Waals surface area contributed by atoms with Crippen LogP contribution < -0.4 is 0 Å². The van der Waals surface area contributed by atoms with Crippen molar-refractivity contribution in [2.24, 2.45) is 0 Å². The first-order chi connectivity index (χ1) is 10.3. The van der Waals surface area contributed by atoms with E-state index in [1.165, 1.54) is 102 Å². The normalized spacial score (nSPS) is 10.5. The smallest absolute Gasteiger partial charge is 0.0323 e. The molecule has 0 aromatic rings. The van der Waals surface area contributed by atoms with Crippen LogP contribution in [0.1, 0.15) is 96.3 Å². The molecule has 0 heterocycles. The summed E-state index contributed by atoms with van der Waals surface area (Å²) in [6.07, 6.45) is 23.9. The van der Waals surface area contributed by atoms with Gasteiger partial charge in [-0.25, -0.2) is 0 Å². The fourth-order valence-electron chi connectivity index (χ4n) is 2.69. The maximum Gasteiger partial charge on any atom is -0.0323 e. The van der Waals surface area contributed by atoms with Gasteiger partial charge in [-0.15, -0.1) is 13.2 Å². The van der Waals surface area contributed by atoms with E-state index in [-0.39, 0.29) is 0 Å². The Hall–Kier alpha value is -0.780. The van der Waals surface area contributed by atoms with Gasteiger partial charge in [-0.05, 0) is 51.4 Å². The molecule has 21 heavy (non-hydrogen) atoms. The maximum absolute atomic E-state index is 4.23. The fraction of sp³-hybridized carbons (Fsp3) is 0.714. The zero-order valence-corrected chi connectivity index (χ0v) is 14.4. The van der Waals surface area contributed by atoms with Gasteiger partial charge in [0, 0.05) is 0 Å². The molecule has 0 N–H and O–H groups in total. The maximum atomic E-state index is 4.23. The van der Waals surface area contributed by atoms with E-state index < -0.39 is 0 Å². The summed E-state index contributed by atoms with van der Waals surface area (Å²) in [5, 5.41) is 0. The van der Waals surface area contributed by atoms with Crippen molar-refractivity contribution in [3.63, 3.8) is 0 Å². The number of allylic oxidation sites excluding steroid dienone is 3. The van der Waals surface area contributed by atoms with E-state index in [1.54, 1.807) is 0 Å². The molecule has 0 saturated heterocycles. The molecule has 0 aromatic heterocycles. The molecule has 0 nitrogen and oxygen atoms in total. The minimum absolute atomic E-state index is 1.18. The Morgan fingerprint density at radius 3 is 1.24 bits per heavy atom. The number of rotatable bonds is 17. The Morgan fingerprint density at radius 2 is 0.857 bits per heavy atom. The molecule has 0 rings (SSSR count). The van der Waals surface area contributed by atoms with E-state index in [1.807, 2.05) is 12.2 Å². The average molecular weight is 291 g/mol. The predicted molar refractivity (Wildman–Crippen MR) is 98.8 cm³/mol. The molecule has 0 aromatic carbocycles. The summed E-state index contributed by atoms with van der Waals surface area (Å²) in [7, 11) is 0. The SMILES string of the molecule is C=CCCCCCCCCCC(=C)CCCCCCC=C. The van der Waals surface area contributed by atoms with Crippen LogP contribution in [0.3, 0.4) is 0 Å². The summed E-state index contributed by atoms with van der Waals surface area (Å²) >= 11 is 0. The van der Waals surface area contributed by atoms with Gasteiger partial charge in [0.05, 0.1) is 0 Å². The molecular weight excluding hydrogens is 252 g/mol. The Morgan fingerprint density at radius 1 is 0.524 bits per heavy atom. The zero-order chi connectivity index (χ0) is 15.6. The lowest BCUT2D eigenvalue weighted by molar-refractivity contribution is 0.574. The monoisotopic (exact) mass is 290 g/mol. The molecular formula is C21H38. The van der Waals surface area contributed by atoms with Gasteiger partial charge in [0.15, 0.2) is 0 Å². The lowest BCUT2D eigenvalue weighted by Crippen LogP contribution is -1.86. The summed E-state index contributed by atoms with van der Waals surface area (Å²) in [6.45, 7) is 11.8. The Kier molecular flexibility index (Phi) is 16.6. The second kappa shape index (κ2) is 17.3. The number of hydrogen-bond acceptors (Lipinski definition) is 0. The van der Waals surface area contributed by atoms with Crippen LogP contribution in [0.15, 0.2) is 37.5 Å². The van der Waals surface area contributed by atoms with Crippen molar-refractivity contribution in [1.29, 1.82) is 0 Å².